The zero-order chi connectivity index (χ0) is 21.6. The summed E-state index contributed by atoms with van der Waals surface area (Å²) in [4.78, 5) is 34.2. The summed E-state index contributed by atoms with van der Waals surface area (Å²) in [5.74, 6) is -1.77. The smallest absolute Gasteiger partial charge is 0.333 e. The van der Waals surface area contributed by atoms with E-state index in [2.05, 4.69) is 26.2 Å². The minimum absolute atomic E-state index is 0.0774. The number of aliphatic hydroxyl groups is 1. The van der Waals surface area contributed by atoms with Crippen LogP contribution in [-0.4, -0.2) is 70.2 Å². The maximum absolute atomic E-state index is 11.6. The molecular formula is C19H34O8Si. The van der Waals surface area contributed by atoms with Gasteiger partial charge in [0, 0.05) is 20.3 Å². The van der Waals surface area contributed by atoms with Crippen molar-refractivity contribution < 1.29 is 38.4 Å². The molecule has 0 aromatic carbocycles. The van der Waals surface area contributed by atoms with Crippen molar-refractivity contribution in [2.75, 3.05) is 33.0 Å². The molecule has 0 heterocycles. The van der Waals surface area contributed by atoms with Crippen molar-refractivity contribution in [1.29, 1.82) is 0 Å². The second kappa shape index (κ2) is 14.3. The molecule has 162 valence electrons. The van der Waals surface area contributed by atoms with Gasteiger partial charge in [-0.1, -0.05) is 32.3 Å². The molecule has 0 saturated carbocycles. The second-order valence-electron chi connectivity index (χ2n) is 7.71. The number of hydrogen-bond donors (Lipinski definition) is 1. The summed E-state index contributed by atoms with van der Waals surface area (Å²) in [6.45, 7) is 12.1. The first kappa shape index (κ1) is 26.3. The molecule has 0 aliphatic rings. The molecule has 9 heteroatoms. The fraction of sp³-hybridized carbons (Fsp3) is 0.737. The zero-order valence-electron chi connectivity index (χ0n) is 17.5. The third-order valence-electron chi connectivity index (χ3n) is 3.42. The quantitative estimate of drug-likeness (QED) is 0.142. The van der Waals surface area contributed by atoms with Gasteiger partial charge in [-0.25, -0.2) is 4.79 Å². The Morgan fingerprint density at radius 2 is 1.50 bits per heavy atom. The molecule has 0 radical (unpaired) electrons. The summed E-state index contributed by atoms with van der Waals surface area (Å²) in [5.41, 5.74) is 0.258. The van der Waals surface area contributed by atoms with E-state index >= 15 is 0 Å². The molecule has 0 spiro atoms. The van der Waals surface area contributed by atoms with Gasteiger partial charge in [0.1, 0.15) is 25.9 Å². The van der Waals surface area contributed by atoms with Gasteiger partial charge in [-0.2, -0.15) is 0 Å². The van der Waals surface area contributed by atoms with Crippen molar-refractivity contribution >= 4 is 26.0 Å². The summed E-state index contributed by atoms with van der Waals surface area (Å²) < 4.78 is 19.9. The second-order valence-corrected chi connectivity index (χ2v) is 13.3. The lowest BCUT2D eigenvalue weighted by Crippen LogP contribution is -2.25. The molecule has 0 aromatic heterocycles. The molecule has 28 heavy (non-hydrogen) atoms. The minimum atomic E-state index is -1.08. The van der Waals surface area contributed by atoms with Crippen LogP contribution >= 0.6 is 0 Å². The van der Waals surface area contributed by atoms with E-state index in [0.29, 0.717) is 6.61 Å². The Kier molecular flexibility index (Phi) is 13.4. The van der Waals surface area contributed by atoms with Gasteiger partial charge in [-0.15, -0.1) is 0 Å². The summed E-state index contributed by atoms with van der Waals surface area (Å²) in [6.07, 6.45) is -0.257. The van der Waals surface area contributed by atoms with E-state index in [1.165, 1.54) is 6.92 Å². The standard InChI is InChI=1S/C19H34O8Si/c1-15(2)19(23)26-11-10-25-17(21)7-8-18(22)27-14-16(20)13-24-9-6-12-28(3,4)5/h16,20H,1,6-14H2,2-5H3. The highest BCUT2D eigenvalue weighted by molar-refractivity contribution is 6.76. The lowest BCUT2D eigenvalue weighted by Gasteiger charge is -2.16. The van der Waals surface area contributed by atoms with Crippen molar-refractivity contribution in [2.24, 2.45) is 0 Å². The van der Waals surface area contributed by atoms with Gasteiger partial charge in [0.25, 0.3) is 0 Å². The van der Waals surface area contributed by atoms with E-state index in [4.69, 9.17) is 18.9 Å². The van der Waals surface area contributed by atoms with Crippen molar-refractivity contribution in [1.82, 2.24) is 0 Å². The molecule has 0 rings (SSSR count). The Balaban J connectivity index is 3.68. The average Bonchev–Trinajstić information content (AvgIpc) is 2.60. The number of hydrogen-bond acceptors (Lipinski definition) is 8. The predicted molar refractivity (Wildman–Crippen MR) is 107 cm³/mol. The summed E-state index contributed by atoms with van der Waals surface area (Å²) in [6, 6.07) is 1.16. The van der Waals surface area contributed by atoms with Crippen molar-refractivity contribution in [3.05, 3.63) is 12.2 Å². The fourth-order valence-corrected chi connectivity index (χ4v) is 3.13. The van der Waals surface area contributed by atoms with E-state index in [0.717, 1.165) is 12.5 Å². The van der Waals surface area contributed by atoms with Crippen LogP contribution in [0.5, 0.6) is 0 Å². The SMILES string of the molecule is C=C(C)C(=O)OCCOC(=O)CCC(=O)OCC(O)COCCC[Si](C)(C)C. The maximum Gasteiger partial charge on any atom is 0.333 e. The van der Waals surface area contributed by atoms with Crippen LogP contribution in [-0.2, 0) is 33.3 Å². The predicted octanol–water partition coefficient (Wildman–Crippen LogP) is 2.08. The third kappa shape index (κ3) is 16.5. The van der Waals surface area contributed by atoms with Crippen LogP contribution in [0.3, 0.4) is 0 Å². The zero-order valence-corrected chi connectivity index (χ0v) is 18.5. The van der Waals surface area contributed by atoms with Crippen molar-refractivity contribution in [2.45, 2.75) is 58.0 Å². The molecule has 1 N–H and O–H groups in total. The van der Waals surface area contributed by atoms with Gasteiger partial charge >= 0.3 is 17.9 Å². The van der Waals surface area contributed by atoms with E-state index in [1.807, 2.05) is 0 Å². The Morgan fingerprint density at radius 3 is 2.07 bits per heavy atom. The topological polar surface area (TPSA) is 108 Å². The normalized spacial score (nSPS) is 12.2. The lowest BCUT2D eigenvalue weighted by atomic mass is 10.3. The van der Waals surface area contributed by atoms with Gasteiger partial charge in [0.05, 0.1) is 19.4 Å². The summed E-state index contributed by atoms with van der Waals surface area (Å²) >= 11 is 0. The summed E-state index contributed by atoms with van der Waals surface area (Å²) in [5, 5.41) is 9.73. The first-order valence-electron chi connectivity index (χ1n) is 9.41. The highest BCUT2D eigenvalue weighted by atomic mass is 28.3. The average molecular weight is 419 g/mol. The maximum atomic E-state index is 11.6. The van der Waals surface area contributed by atoms with E-state index in [-0.39, 0.29) is 44.8 Å². The lowest BCUT2D eigenvalue weighted by molar-refractivity contribution is -0.154. The minimum Gasteiger partial charge on any atom is -0.463 e. The molecule has 0 fully saturated rings. The number of ether oxygens (including phenoxy) is 4. The molecule has 0 bridgehead atoms. The van der Waals surface area contributed by atoms with Gasteiger partial charge in [-0.3, -0.25) is 9.59 Å². The van der Waals surface area contributed by atoms with Crippen LogP contribution in [0.25, 0.3) is 0 Å². The Labute approximate surface area is 168 Å². The Morgan fingerprint density at radius 1 is 0.929 bits per heavy atom. The number of aliphatic hydroxyl groups excluding tert-OH is 1. The van der Waals surface area contributed by atoms with Crippen LogP contribution < -0.4 is 0 Å². The molecule has 0 aliphatic heterocycles. The first-order chi connectivity index (χ1) is 13.0. The monoisotopic (exact) mass is 418 g/mol. The number of carbonyl (C=O) groups is 3. The molecule has 8 nitrogen and oxygen atoms in total. The number of esters is 3. The van der Waals surface area contributed by atoms with E-state index < -0.39 is 32.1 Å². The van der Waals surface area contributed by atoms with Crippen LogP contribution in [0.15, 0.2) is 12.2 Å². The molecule has 0 aromatic rings. The van der Waals surface area contributed by atoms with Crippen LogP contribution in [0, 0.1) is 0 Å². The van der Waals surface area contributed by atoms with Crippen molar-refractivity contribution in [3.63, 3.8) is 0 Å². The third-order valence-corrected chi connectivity index (χ3v) is 5.28. The Hall–Kier alpha value is -1.71. The van der Waals surface area contributed by atoms with Gasteiger partial charge in [0.2, 0.25) is 0 Å². The molecule has 0 aliphatic carbocycles. The van der Waals surface area contributed by atoms with Gasteiger partial charge in [-0.05, 0) is 13.3 Å². The van der Waals surface area contributed by atoms with E-state index in [1.54, 1.807) is 0 Å². The molecule has 1 atom stereocenters. The summed E-state index contributed by atoms with van der Waals surface area (Å²) in [7, 11) is -1.08. The molecular weight excluding hydrogens is 384 g/mol. The van der Waals surface area contributed by atoms with Crippen LogP contribution in [0.1, 0.15) is 26.2 Å². The molecule has 0 saturated heterocycles. The van der Waals surface area contributed by atoms with Crippen molar-refractivity contribution in [3.8, 4) is 0 Å². The number of rotatable bonds is 15. The van der Waals surface area contributed by atoms with Crippen LogP contribution in [0.4, 0.5) is 0 Å². The first-order valence-corrected chi connectivity index (χ1v) is 13.1. The van der Waals surface area contributed by atoms with Gasteiger partial charge in [0.15, 0.2) is 0 Å². The fourth-order valence-electron chi connectivity index (χ4n) is 1.92. The molecule has 1 unspecified atom stereocenters. The Bertz CT molecular complexity index is 513. The highest BCUT2D eigenvalue weighted by Crippen LogP contribution is 2.10. The van der Waals surface area contributed by atoms with Crippen LogP contribution in [0.2, 0.25) is 25.7 Å². The largest absolute Gasteiger partial charge is 0.463 e. The van der Waals surface area contributed by atoms with E-state index in [9.17, 15) is 19.5 Å². The molecule has 0 amide bonds. The highest BCUT2D eigenvalue weighted by Gasteiger charge is 2.14. The van der Waals surface area contributed by atoms with Gasteiger partial charge < -0.3 is 24.1 Å². The number of carbonyl (C=O) groups excluding carboxylic acids is 3.